The van der Waals surface area contributed by atoms with Crippen molar-refractivity contribution in [1.29, 1.82) is 0 Å². The Balaban J connectivity index is 3.04. The fourth-order valence-electron chi connectivity index (χ4n) is 0.887. The van der Waals surface area contributed by atoms with Gasteiger partial charge in [0.25, 0.3) is 5.91 Å². The van der Waals surface area contributed by atoms with Gasteiger partial charge in [-0.25, -0.2) is 0 Å². The maximum absolute atomic E-state index is 11.5. The second-order valence-corrected chi connectivity index (χ2v) is 4.09. The summed E-state index contributed by atoms with van der Waals surface area (Å²) in [4.78, 5) is 13.0. The lowest BCUT2D eigenvalue weighted by atomic mass is 10.2. The minimum Gasteiger partial charge on any atom is -0.345 e. The molecule has 0 saturated carbocycles. The van der Waals surface area contributed by atoms with Crippen LogP contribution in [0, 0.1) is 0 Å². The molecular formula is C9H9BrClNO. The van der Waals surface area contributed by atoms with E-state index in [0.717, 1.165) is 4.47 Å². The summed E-state index contributed by atoms with van der Waals surface area (Å²) in [7, 11) is 3.41. The Morgan fingerprint density at radius 1 is 1.46 bits per heavy atom. The first kappa shape index (κ1) is 10.5. The monoisotopic (exact) mass is 261 g/mol. The van der Waals surface area contributed by atoms with E-state index in [1.165, 1.54) is 4.90 Å². The minimum absolute atomic E-state index is 0.0469. The number of carbonyl (C=O) groups excluding carboxylic acids is 1. The fraction of sp³-hybridized carbons (Fsp3) is 0.222. The third-order valence-electron chi connectivity index (χ3n) is 1.57. The third-order valence-corrected chi connectivity index (χ3v) is 2.81. The molecule has 0 saturated heterocycles. The summed E-state index contributed by atoms with van der Waals surface area (Å²) in [5, 5.41) is 0.549. The zero-order chi connectivity index (χ0) is 10.0. The molecule has 0 aliphatic heterocycles. The molecule has 0 atom stereocenters. The maximum atomic E-state index is 11.5. The van der Waals surface area contributed by atoms with Crippen molar-refractivity contribution in [3.8, 4) is 0 Å². The van der Waals surface area contributed by atoms with Gasteiger partial charge < -0.3 is 4.90 Å². The van der Waals surface area contributed by atoms with Crippen LogP contribution in [0.4, 0.5) is 0 Å². The Morgan fingerprint density at radius 2 is 2.08 bits per heavy atom. The van der Waals surface area contributed by atoms with Crippen LogP contribution in [0.25, 0.3) is 0 Å². The lowest BCUT2D eigenvalue weighted by molar-refractivity contribution is 0.0827. The standard InChI is InChI=1S/C9H9BrClNO/c1-12(2)9(13)6-3-4-7(10)8(11)5-6/h3-5H,1-2H3. The van der Waals surface area contributed by atoms with Gasteiger partial charge in [-0.05, 0) is 34.1 Å². The highest BCUT2D eigenvalue weighted by Crippen LogP contribution is 2.23. The number of hydrogen-bond donors (Lipinski definition) is 0. The van der Waals surface area contributed by atoms with Crippen LogP contribution in [0.3, 0.4) is 0 Å². The van der Waals surface area contributed by atoms with Gasteiger partial charge in [0.1, 0.15) is 0 Å². The van der Waals surface area contributed by atoms with Crippen molar-refractivity contribution in [2.45, 2.75) is 0 Å². The number of rotatable bonds is 1. The summed E-state index contributed by atoms with van der Waals surface area (Å²) in [6.45, 7) is 0. The van der Waals surface area contributed by atoms with Crippen LogP contribution < -0.4 is 0 Å². The Morgan fingerprint density at radius 3 is 2.54 bits per heavy atom. The van der Waals surface area contributed by atoms with Crippen molar-refractivity contribution in [3.63, 3.8) is 0 Å². The van der Waals surface area contributed by atoms with E-state index in [1.807, 2.05) is 0 Å². The average Bonchev–Trinajstić information content (AvgIpc) is 2.08. The first-order valence-corrected chi connectivity index (χ1v) is 4.86. The molecule has 1 aromatic carbocycles. The highest BCUT2D eigenvalue weighted by atomic mass is 79.9. The van der Waals surface area contributed by atoms with Crippen molar-refractivity contribution in [1.82, 2.24) is 4.90 Å². The average molecular weight is 263 g/mol. The van der Waals surface area contributed by atoms with Crippen molar-refractivity contribution in [2.75, 3.05) is 14.1 Å². The molecule has 70 valence electrons. The quantitative estimate of drug-likeness (QED) is 0.762. The molecular weight excluding hydrogens is 253 g/mol. The Labute approximate surface area is 90.6 Å². The topological polar surface area (TPSA) is 20.3 Å². The van der Waals surface area contributed by atoms with Crippen LogP contribution in [0.1, 0.15) is 10.4 Å². The molecule has 4 heteroatoms. The molecule has 2 nitrogen and oxygen atoms in total. The molecule has 0 spiro atoms. The van der Waals surface area contributed by atoms with Gasteiger partial charge in [0, 0.05) is 24.1 Å². The van der Waals surface area contributed by atoms with Gasteiger partial charge in [-0.1, -0.05) is 11.6 Å². The number of amides is 1. The number of carbonyl (C=O) groups is 1. The van der Waals surface area contributed by atoms with Gasteiger partial charge in [-0.2, -0.15) is 0 Å². The van der Waals surface area contributed by atoms with Gasteiger partial charge >= 0.3 is 0 Å². The van der Waals surface area contributed by atoms with Crippen LogP contribution in [-0.4, -0.2) is 24.9 Å². The second-order valence-electron chi connectivity index (χ2n) is 2.83. The number of halogens is 2. The smallest absolute Gasteiger partial charge is 0.253 e. The highest BCUT2D eigenvalue weighted by Gasteiger charge is 2.08. The summed E-state index contributed by atoms with van der Waals surface area (Å²) in [5.41, 5.74) is 0.596. The molecule has 0 heterocycles. The maximum Gasteiger partial charge on any atom is 0.253 e. The van der Waals surface area contributed by atoms with Crippen LogP contribution in [0.2, 0.25) is 5.02 Å². The van der Waals surface area contributed by atoms with Crippen LogP contribution in [0.15, 0.2) is 22.7 Å². The van der Waals surface area contributed by atoms with Gasteiger partial charge in [0.2, 0.25) is 0 Å². The number of hydrogen-bond acceptors (Lipinski definition) is 1. The first-order valence-electron chi connectivity index (χ1n) is 3.69. The summed E-state index contributed by atoms with van der Waals surface area (Å²) >= 11 is 9.10. The highest BCUT2D eigenvalue weighted by molar-refractivity contribution is 9.10. The van der Waals surface area contributed by atoms with E-state index in [1.54, 1.807) is 32.3 Å². The number of benzene rings is 1. The lowest BCUT2D eigenvalue weighted by Gasteiger charge is -2.10. The van der Waals surface area contributed by atoms with Crippen LogP contribution in [-0.2, 0) is 0 Å². The lowest BCUT2D eigenvalue weighted by Crippen LogP contribution is -2.21. The zero-order valence-electron chi connectivity index (χ0n) is 7.34. The van der Waals surface area contributed by atoms with E-state index in [-0.39, 0.29) is 5.91 Å². The number of nitrogens with zero attached hydrogens (tertiary/aromatic N) is 1. The minimum atomic E-state index is -0.0469. The van der Waals surface area contributed by atoms with Crippen LogP contribution >= 0.6 is 27.5 Å². The van der Waals surface area contributed by atoms with Crippen LogP contribution in [0.5, 0.6) is 0 Å². The van der Waals surface area contributed by atoms with E-state index in [0.29, 0.717) is 10.6 Å². The SMILES string of the molecule is CN(C)C(=O)c1ccc(Br)c(Cl)c1. The van der Waals surface area contributed by atoms with Crippen molar-refractivity contribution < 1.29 is 4.79 Å². The van der Waals surface area contributed by atoms with E-state index in [2.05, 4.69) is 15.9 Å². The van der Waals surface area contributed by atoms with Gasteiger partial charge in [-0.15, -0.1) is 0 Å². The van der Waals surface area contributed by atoms with E-state index < -0.39 is 0 Å². The van der Waals surface area contributed by atoms with Crippen molar-refractivity contribution in [3.05, 3.63) is 33.3 Å². The van der Waals surface area contributed by atoms with Crippen molar-refractivity contribution in [2.24, 2.45) is 0 Å². The molecule has 0 unspecified atom stereocenters. The molecule has 1 aromatic rings. The molecule has 0 bridgehead atoms. The molecule has 0 aliphatic rings. The summed E-state index contributed by atoms with van der Waals surface area (Å²) < 4.78 is 0.796. The van der Waals surface area contributed by atoms with E-state index in [9.17, 15) is 4.79 Å². The Kier molecular flexibility index (Phi) is 3.33. The molecule has 0 aliphatic carbocycles. The van der Waals surface area contributed by atoms with Gasteiger partial charge in [-0.3, -0.25) is 4.79 Å². The Hall–Kier alpha value is -0.540. The fourth-order valence-corrected chi connectivity index (χ4v) is 1.31. The third kappa shape index (κ3) is 2.45. The van der Waals surface area contributed by atoms with Crippen molar-refractivity contribution >= 4 is 33.4 Å². The molecule has 0 radical (unpaired) electrons. The molecule has 0 N–H and O–H groups in total. The predicted octanol–water partition coefficient (Wildman–Crippen LogP) is 2.80. The normalized spacial score (nSPS) is 9.85. The molecule has 0 fully saturated rings. The molecule has 1 amide bonds. The van der Waals surface area contributed by atoms with Gasteiger partial charge in [0.15, 0.2) is 0 Å². The molecule has 0 aromatic heterocycles. The molecule has 1 rings (SSSR count). The zero-order valence-corrected chi connectivity index (χ0v) is 9.69. The predicted molar refractivity (Wildman–Crippen MR) is 57.2 cm³/mol. The summed E-state index contributed by atoms with van der Waals surface area (Å²) in [6, 6.07) is 5.14. The van der Waals surface area contributed by atoms with E-state index in [4.69, 9.17) is 11.6 Å². The van der Waals surface area contributed by atoms with Gasteiger partial charge in [0.05, 0.1) is 5.02 Å². The summed E-state index contributed by atoms with van der Waals surface area (Å²) in [6.07, 6.45) is 0. The first-order chi connectivity index (χ1) is 6.02. The molecule has 13 heavy (non-hydrogen) atoms. The summed E-state index contributed by atoms with van der Waals surface area (Å²) in [5.74, 6) is -0.0469. The Bertz CT molecular complexity index is 338. The second kappa shape index (κ2) is 4.11. The van der Waals surface area contributed by atoms with E-state index >= 15 is 0 Å². The largest absolute Gasteiger partial charge is 0.345 e.